The van der Waals surface area contributed by atoms with Crippen molar-refractivity contribution < 1.29 is 0 Å². The zero-order chi connectivity index (χ0) is 13.8. The SMILES string of the molecule is CCCN1C(c2ccncc2)=NCC1c1ccccc1. The molecule has 1 aliphatic heterocycles. The highest BCUT2D eigenvalue weighted by molar-refractivity contribution is 6.00. The fourth-order valence-corrected chi connectivity index (χ4v) is 2.73. The highest BCUT2D eigenvalue weighted by Crippen LogP contribution is 2.28. The van der Waals surface area contributed by atoms with Gasteiger partial charge in [-0.25, -0.2) is 0 Å². The summed E-state index contributed by atoms with van der Waals surface area (Å²) in [6.07, 6.45) is 4.78. The molecule has 0 saturated heterocycles. The third kappa shape index (κ3) is 2.44. The van der Waals surface area contributed by atoms with Gasteiger partial charge < -0.3 is 4.90 Å². The maximum absolute atomic E-state index is 4.78. The molecule has 3 nitrogen and oxygen atoms in total. The Morgan fingerprint density at radius 2 is 1.85 bits per heavy atom. The average Bonchev–Trinajstić information content (AvgIpc) is 2.93. The van der Waals surface area contributed by atoms with Crippen molar-refractivity contribution in [1.82, 2.24) is 9.88 Å². The van der Waals surface area contributed by atoms with E-state index in [1.165, 1.54) is 5.56 Å². The van der Waals surface area contributed by atoms with Crippen LogP contribution in [0.2, 0.25) is 0 Å². The highest BCUT2D eigenvalue weighted by Gasteiger charge is 2.28. The normalized spacial score (nSPS) is 18.1. The summed E-state index contributed by atoms with van der Waals surface area (Å²) in [6.45, 7) is 4.08. The lowest BCUT2D eigenvalue weighted by Gasteiger charge is -2.28. The molecule has 1 aromatic heterocycles. The lowest BCUT2D eigenvalue weighted by Crippen LogP contribution is -2.32. The van der Waals surface area contributed by atoms with Gasteiger partial charge in [-0.05, 0) is 24.1 Å². The molecule has 0 N–H and O–H groups in total. The summed E-state index contributed by atoms with van der Waals surface area (Å²) in [6, 6.07) is 15.1. The second-order valence-electron chi connectivity index (χ2n) is 5.02. The number of hydrogen-bond donors (Lipinski definition) is 0. The third-order valence-corrected chi connectivity index (χ3v) is 3.65. The van der Waals surface area contributed by atoms with Gasteiger partial charge in [0.15, 0.2) is 0 Å². The van der Waals surface area contributed by atoms with Crippen molar-refractivity contribution in [3.05, 3.63) is 66.0 Å². The van der Waals surface area contributed by atoms with Crippen molar-refractivity contribution in [2.24, 2.45) is 4.99 Å². The first-order chi connectivity index (χ1) is 9.90. The van der Waals surface area contributed by atoms with Crippen LogP contribution in [-0.4, -0.2) is 28.8 Å². The third-order valence-electron chi connectivity index (χ3n) is 3.65. The Kier molecular flexibility index (Phi) is 3.77. The van der Waals surface area contributed by atoms with Crippen LogP contribution in [0.3, 0.4) is 0 Å². The minimum Gasteiger partial charge on any atom is -0.348 e. The van der Waals surface area contributed by atoms with Crippen molar-refractivity contribution in [2.45, 2.75) is 19.4 Å². The standard InChI is InChI=1S/C17H19N3/c1-2-12-20-16(14-6-4-3-5-7-14)13-19-17(20)15-8-10-18-11-9-15/h3-11,16H,2,12-13H2,1H3. The topological polar surface area (TPSA) is 28.5 Å². The minimum atomic E-state index is 0.360. The maximum atomic E-state index is 4.78. The molecule has 20 heavy (non-hydrogen) atoms. The molecule has 0 amide bonds. The smallest absolute Gasteiger partial charge is 0.131 e. The maximum Gasteiger partial charge on any atom is 0.131 e. The zero-order valence-corrected chi connectivity index (χ0v) is 11.7. The molecule has 3 heteroatoms. The van der Waals surface area contributed by atoms with Crippen LogP contribution in [0.15, 0.2) is 59.9 Å². The van der Waals surface area contributed by atoms with Crippen LogP contribution in [0.5, 0.6) is 0 Å². The predicted molar refractivity (Wildman–Crippen MR) is 81.8 cm³/mol. The molecule has 1 atom stereocenters. The number of pyridine rings is 1. The van der Waals surface area contributed by atoms with E-state index in [0.29, 0.717) is 6.04 Å². The van der Waals surface area contributed by atoms with Crippen LogP contribution in [0.25, 0.3) is 0 Å². The van der Waals surface area contributed by atoms with Gasteiger partial charge in [0.05, 0.1) is 12.6 Å². The Morgan fingerprint density at radius 1 is 1.10 bits per heavy atom. The van der Waals surface area contributed by atoms with Gasteiger partial charge in [0.1, 0.15) is 5.84 Å². The molecule has 0 radical (unpaired) electrons. The number of benzene rings is 1. The van der Waals surface area contributed by atoms with Gasteiger partial charge in [0, 0.05) is 24.5 Å². The van der Waals surface area contributed by atoms with Crippen molar-refractivity contribution in [1.29, 1.82) is 0 Å². The van der Waals surface area contributed by atoms with Crippen molar-refractivity contribution in [3.63, 3.8) is 0 Å². The molecule has 0 bridgehead atoms. The lowest BCUT2D eigenvalue weighted by atomic mass is 10.1. The molecule has 2 aromatic rings. The minimum absolute atomic E-state index is 0.360. The van der Waals surface area contributed by atoms with Crippen molar-refractivity contribution in [2.75, 3.05) is 13.1 Å². The van der Waals surface area contributed by atoms with Gasteiger partial charge in [-0.1, -0.05) is 37.3 Å². The molecule has 0 fully saturated rings. The molecule has 102 valence electrons. The van der Waals surface area contributed by atoms with E-state index in [9.17, 15) is 0 Å². The Morgan fingerprint density at radius 3 is 2.55 bits per heavy atom. The summed E-state index contributed by atoms with van der Waals surface area (Å²) in [5.74, 6) is 1.10. The summed E-state index contributed by atoms with van der Waals surface area (Å²) in [5.41, 5.74) is 2.50. The molecular formula is C17H19N3. The first-order valence-electron chi connectivity index (χ1n) is 7.16. The highest BCUT2D eigenvalue weighted by atomic mass is 15.3. The van der Waals surface area contributed by atoms with Crippen molar-refractivity contribution >= 4 is 5.84 Å². The van der Waals surface area contributed by atoms with E-state index in [1.807, 2.05) is 24.5 Å². The molecule has 0 spiro atoms. The first kappa shape index (κ1) is 12.9. The van der Waals surface area contributed by atoms with E-state index >= 15 is 0 Å². The zero-order valence-electron chi connectivity index (χ0n) is 11.7. The summed E-state index contributed by atoms with van der Waals surface area (Å²) in [7, 11) is 0. The molecule has 3 rings (SSSR count). The molecule has 1 aliphatic rings. The molecule has 2 heterocycles. The summed E-state index contributed by atoms with van der Waals surface area (Å²) >= 11 is 0. The van der Waals surface area contributed by atoms with E-state index in [-0.39, 0.29) is 0 Å². The van der Waals surface area contributed by atoms with Gasteiger partial charge in [-0.2, -0.15) is 0 Å². The number of amidine groups is 1. The van der Waals surface area contributed by atoms with E-state index in [4.69, 9.17) is 4.99 Å². The van der Waals surface area contributed by atoms with Gasteiger partial charge in [0.2, 0.25) is 0 Å². The number of aromatic nitrogens is 1. The Labute approximate surface area is 120 Å². The number of rotatable bonds is 4. The van der Waals surface area contributed by atoms with Crippen LogP contribution < -0.4 is 0 Å². The molecule has 0 saturated carbocycles. The van der Waals surface area contributed by atoms with Gasteiger partial charge in [0.25, 0.3) is 0 Å². The van der Waals surface area contributed by atoms with Crippen LogP contribution in [0, 0.1) is 0 Å². The fraction of sp³-hybridized carbons (Fsp3) is 0.294. The predicted octanol–water partition coefficient (Wildman–Crippen LogP) is 3.30. The Bertz CT molecular complexity index is 578. The summed E-state index contributed by atoms with van der Waals surface area (Å²) in [5, 5.41) is 0. The second kappa shape index (κ2) is 5.87. The molecule has 1 unspecified atom stereocenters. The first-order valence-corrected chi connectivity index (χ1v) is 7.16. The lowest BCUT2D eigenvalue weighted by molar-refractivity contribution is 0.351. The fourth-order valence-electron chi connectivity index (χ4n) is 2.73. The molecule has 0 aliphatic carbocycles. The van der Waals surface area contributed by atoms with Crippen molar-refractivity contribution in [3.8, 4) is 0 Å². The van der Waals surface area contributed by atoms with E-state index in [1.54, 1.807) is 0 Å². The molecule has 1 aromatic carbocycles. The van der Waals surface area contributed by atoms with E-state index < -0.39 is 0 Å². The largest absolute Gasteiger partial charge is 0.348 e. The number of aliphatic imine (C=N–C) groups is 1. The number of hydrogen-bond acceptors (Lipinski definition) is 3. The van der Waals surface area contributed by atoms with Crippen LogP contribution in [0.4, 0.5) is 0 Å². The van der Waals surface area contributed by atoms with Crippen LogP contribution >= 0.6 is 0 Å². The van der Waals surface area contributed by atoms with E-state index in [0.717, 1.165) is 30.9 Å². The van der Waals surface area contributed by atoms with E-state index in [2.05, 4.69) is 47.1 Å². The summed E-state index contributed by atoms with van der Waals surface area (Å²) in [4.78, 5) is 11.3. The molecular weight excluding hydrogens is 246 g/mol. The van der Waals surface area contributed by atoms with Crippen LogP contribution in [-0.2, 0) is 0 Å². The van der Waals surface area contributed by atoms with Gasteiger partial charge in [-0.3, -0.25) is 9.98 Å². The monoisotopic (exact) mass is 265 g/mol. The second-order valence-corrected chi connectivity index (χ2v) is 5.02. The van der Waals surface area contributed by atoms with Gasteiger partial charge >= 0.3 is 0 Å². The average molecular weight is 265 g/mol. The van der Waals surface area contributed by atoms with Gasteiger partial charge in [-0.15, -0.1) is 0 Å². The quantitative estimate of drug-likeness (QED) is 0.848. The summed E-state index contributed by atoms with van der Waals surface area (Å²) < 4.78 is 0. The Hall–Kier alpha value is -2.16. The van der Waals surface area contributed by atoms with Crippen LogP contribution in [0.1, 0.15) is 30.5 Å². The number of nitrogens with zero attached hydrogens (tertiary/aromatic N) is 3. The Balaban J connectivity index is 1.90.